The van der Waals surface area contributed by atoms with E-state index in [-0.39, 0.29) is 12.3 Å². The van der Waals surface area contributed by atoms with Crippen LogP contribution in [-0.2, 0) is 0 Å². The molecular formula is C26H24Cl2N2O. The highest BCUT2D eigenvalue weighted by atomic mass is 35.5. The summed E-state index contributed by atoms with van der Waals surface area (Å²) < 4.78 is 6.45. The predicted octanol–water partition coefficient (Wildman–Crippen LogP) is 7.67. The molecule has 0 saturated heterocycles. The first-order chi connectivity index (χ1) is 14.9. The molecule has 0 N–H and O–H groups in total. The smallest absolute Gasteiger partial charge is 0.213 e. The van der Waals surface area contributed by atoms with Gasteiger partial charge in [0.2, 0.25) is 6.23 Å². The lowest BCUT2D eigenvalue weighted by Crippen LogP contribution is -2.33. The highest BCUT2D eigenvalue weighted by Crippen LogP contribution is 2.50. The molecule has 0 amide bonds. The quantitative estimate of drug-likeness (QED) is 0.408. The van der Waals surface area contributed by atoms with Gasteiger partial charge >= 0.3 is 0 Å². The second-order valence-corrected chi connectivity index (χ2v) is 9.45. The molecule has 3 aromatic rings. The molecule has 158 valence electrons. The second kappa shape index (κ2) is 7.89. The van der Waals surface area contributed by atoms with Gasteiger partial charge in [0, 0.05) is 22.6 Å². The molecule has 3 aromatic carbocycles. The molecule has 31 heavy (non-hydrogen) atoms. The average molecular weight is 451 g/mol. The standard InChI is InChI=1S/C26H24Cl2N2O/c1-15(2)17-8-10-19(11-9-17)26-30-24(21-12-20(27)13-22(28)25(21)31-26)14-23(29-30)18-6-4-16(3)5-7-18/h4-13,15,24,26H,14H2,1-3H3/t24-,26-/m0/s1. The van der Waals surface area contributed by atoms with Crippen LogP contribution in [0.15, 0.2) is 65.8 Å². The van der Waals surface area contributed by atoms with Crippen LogP contribution in [0.4, 0.5) is 0 Å². The fourth-order valence-corrected chi connectivity index (χ4v) is 4.85. The maximum Gasteiger partial charge on any atom is 0.213 e. The molecule has 3 nitrogen and oxygen atoms in total. The van der Waals surface area contributed by atoms with Crippen LogP contribution in [0.25, 0.3) is 0 Å². The zero-order chi connectivity index (χ0) is 21.7. The van der Waals surface area contributed by atoms with Crippen LogP contribution in [-0.4, -0.2) is 10.7 Å². The minimum absolute atomic E-state index is 0.0195. The van der Waals surface area contributed by atoms with Crippen LogP contribution < -0.4 is 4.74 Å². The summed E-state index contributed by atoms with van der Waals surface area (Å²) >= 11 is 12.9. The van der Waals surface area contributed by atoms with Crippen LogP contribution in [0.1, 0.15) is 66.3 Å². The summed E-state index contributed by atoms with van der Waals surface area (Å²) in [5.41, 5.74) is 6.74. The topological polar surface area (TPSA) is 24.8 Å². The summed E-state index contributed by atoms with van der Waals surface area (Å²) in [7, 11) is 0. The molecule has 2 atom stereocenters. The fourth-order valence-electron chi connectivity index (χ4n) is 4.30. The third kappa shape index (κ3) is 3.71. The molecule has 0 aromatic heterocycles. The number of ether oxygens (including phenoxy) is 1. The van der Waals surface area contributed by atoms with E-state index in [0.717, 1.165) is 28.8 Å². The molecule has 0 unspecified atom stereocenters. The lowest BCUT2D eigenvalue weighted by molar-refractivity contribution is -0.0189. The van der Waals surface area contributed by atoms with Crippen LogP contribution in [0.3, 0.4) is 0 Å². The van der Waals surface area contributed by atoms with Crippen molar-refractivity contribution in [3.8, 4) is 5.75 Å². The molecule has 0 aliphatic carbocycles. The van der Waals surface area contributed by atoms with Gasteiger partial charge in [0.15, 0.2) is 0 Å². The zero-order valence-corrected chi connectivity index (χ0v) is 19.3. The molecule has 2 aliphatic rings. The molecule has 2 aliphatic heterocycles. The average Bonchev–Trinajstić information content (AvgIpc) is 3.19. The Labute approximate surface area is 193 Å². The van der Waals surface area contributed by atoms with Gasteiger partial charge in [0.05, 0.1) is 16.8 Å². The monoisotopic (exact) mass is 450 g/mol. The van der Waals surface area contributed by atoms with E-state index in [1.165, 1.54) is 11.1 Å². The molecular weight excluding hydrogens is 427 g/mol. The predicted molar refractivity (Wildman–Crippen MR) is 127 cm³/mol. The Morgan fingerprint density at radius 2 is 1.71 bits per heavy atom. The van der Waals surface area contributed by atoms with Crippen molar-refractivity contribution in [1.82, 2.24) is 5.01 Å². The summed E-state index contributed by atoms with van der Waals surface area (Å²) in [4.78, 5) is 0. The molecule has 2 heterocycles. The van der Waals surface area contributed by atoms with Crippen LogP contribution in [0.2, 0.25) is 10.0 Å². The summed E-state index contributed by atoms with van der Waals surface area (Å²) in [5, 5.41) is 8.23. The third-order valence-electron chi connectivity index (χ3n) is 6.08. The lowest BCUT2D eigenvalue weighted by Gasteiger charge is -2.38. The van der Waals surface area contributed by atoms with Crippen molar-refractivity contribution in [3.63, 3.8) is 0 Å². The molecule has 0 radical (unpaired) electrons. The van der Waals surface area contributed by atoms with E-state index in [1.54, 1.807) is 6.07 Å². The number of fused-ring (bicyclic) bond motifs is 3. The zero-order valence-electron chi connectivity index (χ0n) is 17.8. The highest BCUT2D eigenvalue weighted by molar-refractivity contribution is 6.35. The number of halogens is 2. The molecule has 5 rings (SSSR count). The Bertz CT molecular complexity index is 1150. The van der Waals surface area contributed by atoms with Crippen molar-refractivity contribution in [2.45, 2.75) is 45.4 Å². The van der Waals surface area contributed by atoms with E-state index in [1.807, 2.05) is 6.07 Å². The Balaban J connectivity index is 1.59. The van der Waals surface area contributed by atoms with Crippen molar-refractivity contribution in [2.75, 3.05) is 0 Å². The summed E-state index contributed by atoms with van der Waals surface area (Å²) in [6.07, 6.45) is 0.428. The van der Waals surface area contributed by atoms with Crippen molar-refractivity contribution >= 4 is 28.9 Å². The maximum absolute atomic E-state index is 6.56. The Morgan fingerprint density at radius 3 is 2.39 bits per heavy atom. The number of benzene rings is 3. The number of nitrogens with zero attached hydrogens (tertiary/aromatic N) is 2. The fraction of sp³-hybridized carbons (Fsp3) is 0.269. The molecule has 5 heteroatoms. The van der Waals surface area contributed by atoms with Gasteiger partial charge in [-0.05, 0) is 36.1 Å². The highest BCUT2D eigenvalue weighted by Gasteiger charge is 2.42. The Morgan fingerprint density at radius 1 is 1.00 bits per heavy atom. The van der Waals surface area contributed by atoms with Gasteiger partial charge in [-0.2, -0.15) is 5.10 Å². The lowest BCUT2D eigenvalue weighted by atomic mass is 9.95. The Kier molecular flexibility index (Phi) is 5.19. The van der Waals surface area contributed by atoms with Crippen molar-refractivity contribution in [1.29, 1.82) is 0 Å². The minimum Gasteiger partial charge on any atom is -0.463 e. The van der Waals surface area contributed by atoms with Gasteiger partial charge in [0.25, 0.3) is 0 Å². The van der Waals surface area contributed by atoms with Crippen molar-refractivity contribution in [3.05, 3.63) is 98.5 Å². The van der Waals surface area contributed by atoms with Gasteiger partial charge in [-0.1, -0.05) is 91.1 Å². The summed E-state index contributed by atoms with van der Waals surface area (Å²) in [6, 6.07) is 20.8. The van der Waals surface area contributed by atoms with Gasteiger partial charge in [0.1, 0.15) is 5.75 Å². The number of hydrazone groups is 1. The van der Waals surface area contributed by atoms with E-state index in [0.29, 0.717) is 21.7 Å². The van der Waals surface area contributed by atoms with Crippen LogP contribution in [0.5, 0.6) is 5.75 Å². The molecule has 0 bridgehead atoms. The van der Waals surface area contributed by atoms with Crippen LogP contribution in [0, 0.1) is 6.92 Å². The second-order valence-electron chi connectivity index (χ2n) is 8.61. The first kappa shape index (κ1) is 20.4. The Hall–Kier alpha value is -2.49. The first-order valence-electron chi connectivity index (χ1n) is 10.6. The van der Waals surface area contributed by atoms with E-state index in [2.05, 4.69) is 74.3 Å². The number of rotatable bonds is 3. The largest absolute Gasteiger partial charge is 0.463 e. The number of hydrogen-bond acceptors (Lipinski definition) is 3. The van der Waals surface area contributed by atoms with E-state index in [9.17, 15) is 0 Å². The van der Waals surface area contributed by atoms with Crippen molar-refractivity contribution in [2.24, 2.45) is 5.10 Å². The van der Waals surface area contributed by atoms with Crippen LogP contribution >= 0.6 is 23.2 Å². The van der Waals surface area contributed by atoms with E-state index >= 15 is 0 Å². The maximum atomic E-state index is 6.56. The van der Waals surface area contributed by atoms with Crippen molar-refractivity contribution < 1.29 is 4.74 Å². The van der Waals surface area contributed by atoms with Gasteiger partial charge in [-0.3, -0.25) is 0 Å². The molecule has 0 saturated carbocycles. The molecule has 0 spiro atoms. The number of hydrogen-bond donors (Lipinski definition) is 0. The van der Waals surface area contributed by atoms with Gasteiger partial charge < -0.3 is 4.74 Å². The summed E-state index contributed by atoms with van der Waals surface area (Å²) in [6.45, 7) is 6.48. The number of aryl methyl sites for hydroxylation is 1. The minimum atomic E-state index is -0.347. The van der Waals surface area contributed by atoms with Gasteiger partial charge in [-0.15, -0.1) is 0 Å². The molecule has 0 fully saturated rings. The third-order valence-corrected chi connectivity index (χ3v) is 6.58. The van der Waals surface area contributed by atoms with Gasteiger partial charge in [-0.25, -0.2) is 5.01 Å². The summed E-state index contributed by atoms with van der Waals surface area (Å²) in [5.74, 6) is 1.18. The normalized spacial score (nSPS) is 19.7. The first-order valence-corrected chi connectivity index (χ1v) is 11.3. The SMILES string of the molecule is Cc1ccc(C2=NN3[C@@H](C2)c2cc(Cl)cc(Cl)c2O[C@H]3c2ccc(C(C)C)cc2)cc1. The van der Waals surface area contributed by atoms with E-state index in [4.69, 9.17) is 33.0 Å². The van der Waals surface area contributed by atoms with E-state index < -0.39 is 0 Å².